The van der Waals surface area contributed by atoms with E-state index < -0.39 is 16.5 Å². The summed E-state index contributed by atoms with van der Waals surface area (Å²) in [6, 6.07) is 14.8. The number of hydrogen-bond donors (Lipinski definition) is 2. The first-order valence-corrected chi connectivity index (χ1v) is 8.60. The minimum absolute atomic E-state index is 0.0350. The van der Waals surface area contributed by atoms with E-state index in [4.69, 9.17) is 0 Å². The van der Waals surface area contributed by atoms with E-state index in [0.29, 0.717) is 16.8 Å². The number of H-pyrrole nitrogens is 1. The van der Waals surface area contributed by atoms with Crippen LogP contribution in [0.1, 0.15) is 17.2 Å². The van der Waals surface area contributed by atoms with Crippen molar-refractivity contribution in [1.82, 2.24) is 30.4 Å². The van der Waals surface area contributed by atoms with Crippen molar-refractivity contribution in [3.05, 3.63) is 86.2 Å². The molecule has 0 saturated carbocycles. The highest BCUT2D eigenvalue weighted by molar-refractivity contribution is 5.75. The summed E-state index contributed by atoms with van der Waals surface area (Å²) in [4.78, 5) is 23.1. The zero-order valence-electron chi connectivity index (χ0n) is 14.7. The molecule has 0 saturated heterocycles. The Morgan fingerprint density at radius 1 is 1.07 bits per heavy atom. The second kappa shape index (κ2) is 6.34. The van der Waals surface area contributed by atoms with E-state index in [1.165, 1.54) is 16.8 Å². The Hall–Kier alpha value is -4.41. The van der Waals surface area contributed by atoms with Crippen LogP contribution in [0.4, 0.5) is 17.3 Å². The van der Waals surface area contributed by atoms with Gasteiger partial charge in [0.15, 0.2) is 0 Å². The first kappa shape index (κ1) is 16.7. The van der Waals surface area contributed by atoms with Gasteiger partial charge < -0.3 is 5.32 Å². The lowest BCUT2D eigenvalue weighted by atomic mass is 9.92. The summed E-state index contributed by atoms with van der Waals surface area (Å²) in [6.07, 6.45) is 0. The average molecular weight is 388 g/mol. The van der Waals surface area contributed by atoms with E-state index in [9.17, 15) is 14.9 Å². The van der Waals surface area contributed by atoms with Gasteiger partial charge in [-0.25, -0.2) is 5.10 Å². The molecule has 0 amide bonds. The number of aromatic amines is 1. The van der Waals surface area contributed by atoms with Gasteiger partial charge >= 0.3 is 0 Å². The second-order valence-corrected chi connectivity index (χ2v) is 6.38. The van der Waals surface area contributed by atoms with Gasteiger partial charge in [-0.3, -0.25) is 14.9 Å². The lowest BCUT2D eigenvalue weighted by Crippen LogP contribution is -2.29. The molecule has 1 aliphatic rings. The molecular formula is C18H12N8O3. The Balaban J connectivity index is 1.78. The fourth-order valence-corrected chi connectivity index (χ4v) is 3.44. The third kappa shape index (κ3) is 2.64. The lowest BCUT2D eigenvalue weighted by Gasteiger charge is -2.27. The molecule has 0 radical (unpaired) electrons. The number of fused-ring (bicyclic) bond motifs is 2. The van der Waals surface area contributed by atoms with Gasteiger partial charge in [0.25, 0.3) is 11.2 Å². The van der Waals surface area contributed by atoms with Crippen molar-refractivity contribution < 1.29 is 4.92 Å². The van der Waals surface area contributed by atoms with Crippen molar-refractivity contribution in [2.24, 2.45) is 0 Å². The highest BCUT2D eigenvalue weighted by Crippen LogP contribution is 2.41. The van der Waals surface area contributed by atoms with Crippen LogP contribution in [0.3, 0.4) is 0 Å². The quantitative estimate of drug-likeness (QED) is 0.353. The van der Waals surface area contributed by atoms with Crippen molar-refractivity contribution in [2.45, 2.75) is 6.04 Å². The van der Waals surface area contributed by atoms with Crippen molar-refractivity contribution in [2.75, 3.05) is 5.32 Å². The van der Waals surface area contributed by atoms with Gasteiger partial charge in [-0.15, -0.1) is 0 Å². The Labute approximate surface area is 162 Å². The van der Waals surface area contributed by atoms with Gasteiger partial charge in [-0.1, -0.05) is 35.4 Å². The second-order valence-electron chi connectivity index (χ2n) is 6.38. The molecule has 0 aliphatic carbocycles. The molecule has 5 rings (SSSR count). The van der Waals surface area contributed by atoms with Crippen LogP contribution in [0.5, 0.6) is 0 Å². The van der Waals surface area contributed by atoms with Crippen LogP contribution in [0.2, 0.25) is 0 Å². The van der Waals surface area contributed by atoms with Crippen LogP contribution in [0.15, 0.2) is 59.4 Å². The smallest absolute Gasteiger partial charge is 0.288 e. The normalized spacial score (nSPS) is 14.6. The third-order valence-corrected chi connectivity index (χ3v) is 4.74. The number of rotatable bonds is 3. The van der Waals surface area contributed by atoms with Gasteiger partial charge in [0.2, 0.25) is 5.95 Å². The van der Waals surface area contributed by atoms with Crippen molar-refractivity contribution >= 4 is 17.3 Å². The molecule has 4 aromatic rings. The molecule has 3 heterocycles. The number of hydrogen-bond acceptors (Lipinski definition) is 8. The maximum absolute atomic E-state index is 12.6. The Bertz CT molecular complexity index is 1280. The van der Waals surface area contributed by atoms with Crippen molar-refractivity contribution in [3.63, 3.8) is 0 Å². The SMILES string of the molecule is O=c1[nH]nc(-c2ccccc2)c2c1Nc1nnnn1[C@H]2c1ccc([N+](=O)[O-])cc1. The number of anilines is 2. The predicted octanol–water partition coefficient (Wildman–Crippen LogP) is 2.03. The van der Waals surface area contributed by atoms with E-state index in [-0.39, 0.29) is 17.3 Å². The molecule has 142 valence electrons. The Morgan fingerprint density at radius 3 is 2.55 bits per heavy atom. The van der Waals surface area contributed by atoms with Crippen LogP contribution in [0.25, 0.3) is 11.3 Å². The number of non-ortho nitro benzene ring substituents is 1. The molecule has 0 fully saturated rings. The molecule has 1 aliphatic heterocycles. The number of nitrogens with one attached hydrogen (secondary N) is 2. The summed E-state index contributed by atoms with van der Waals surface area (Å²) in [5.41, 5.74) is 2.44. The highest BCUT2D eigenvalue weighted by atomic mass is 16.6. The maximum atomic E-state index is 12.6. The minimum Gasteiger partial charge on any atom is -0.318 e. The van der Waals surface area contributed by atoms with E-state index in [0.717, 1.165) is 5.56 Å². The standard InChI is InChI=1S/C18H12N8O3/c27-17-15-13(14(20-21-17)10-4-2-1-3-5-10)16(25-18(19-15)22-23-24-25)11-6-8-12(9-7-11)26(28)29/h1-9,16H,(H,21,27)(H,19,22,24)/t16-/m0/s1. The number of tetrazole rings is 1. The van der Waals surface area contributed by atoms with Gasteiger partial charge in [0.05, 0.1) is 10.6 Å². The molecule has 0 bridgehead atoms. The van der Waals surface area contributed by atoms with Gasteiger partial charge in [-0.2, -0.15) is 9.78 Å². The average Bonchev–Trinajstić information content (AvgIpc) is 3.22. The Kier molecular flexibility index (Phi) is 3.66. The maximum Gasteiger partial charge on any atom is 0.288 e. The van der Waals surface area contributed by atoms with E-state index >= 15 is 0 Å². The summed E-state index contributed by atoms with van der Waals surface area (Å²) in [6.45, 7) is 0. The number of benzene rings is 2. The van der Waals surface area contributed by atoms with Gasteiger partial charge in [-0.05, 0) is 28.1 Å². The molecule has 0 spiro atoms. The summed E-state index contributed by atoms with van der Waals surface area (Å²) in [7, 11) is 0. The van der Waals surface area contributed by atoms with Gasteiger partial charge in [0, 0.05) is 23.3 Å². The highest BCUT2D eigenvalue weighted by Gasteiger charge is 2.34. The van der Waals surface area contributed by atoms with Crippen LogP contribution < -0.4 is 10.9 Å². The summed E-state index contributed by atoms with van der Waals surface area (Å²) in [5, 5.41) is 32.5. The number of aromatic nitrogens is 6. The first-order chi connectivity index (χ1) is 14.1. The number of nitro groups is 1. The van der Waals surface area contributed by atoms with Crippen molar-refractivity contribution in [3.8, 4) is 11.3 Å². The lowest BCUT2D eigenvalue weighted by molar-refractivity contribution is -0.384. The molecule has 2 aromatic heterocycles. The molecule has 2 aromatic carbocycles. The zero-order chi connectivity index (χ0) is 20.0. The fourth-order valence-electron chi connectivity index (χ4n) is 3.44. The van der Waals surface area contributed by atoms with E-state index in [1.54, 1.807) is 12.1 Å². The summed E-state index contributed by atoms with van der Waals surface area (Å²) in [5.74, 6) is 0.288. The summed E-state index contributed by atoms with van der Waals surface area (Å²) >= 11 is 0. The monoisotopic (exact) mass is 388 g/mol. The zero-order valence-corrected chi connectivity index (χ0v) is 14.7. The number of nitro benzene ring substituents is 1. The number of nitrogens with zero attached hydrogens (tertiary/aromatic N) is 6. The van der Waals surface area contributed by atoms with Crippen LogP contribution in [0, 0.1) is 10.1 Å². The van der Waals surface area contributed by atoms with E-state index in [2.05, 4.69) is 31.0 Å². The molecule has 11 heteroatoms. The predicted molar refractivity (Wildman–Crippen MR) is 102 cm³/mol. The van der Waals surface area contributed by atoms with E-state index in [1.807, 2.05) is 30.3 Å². The molecular weight excluding hydrogens is 376 g/mol. The van der Waals surface area contributed by atoms with Crippen LogP contribution in [-0.2, 0) is 0 Å². The third-order valence-electron chi connectivity index (χ3n) is 4.74. The molecule has 11 nitrogen and oxygen atoms in total. The largest absolute Gasteiger partial charge is 0.318 e. The minimum atomic E-state index is -0.595. The molecule has 29 heavy (non-hydrogen) atoms. The first-order valence-electron chi connectivity index (χ1n) is 8.60. The Morgan fingerprint density at radius 2 is 1.83 bits per heavy atom. The fraction of sp³-hybridized carbons (Fsp3) is 0.0556. The van der Waals surface area contributed by atoms with Crippen LogP contribution in [-0.4, -0.2) is 35.3 Å². The topological polar surface area (TPSA) is 145 Å². The molecule has 1 atom stereocenters. The molecule has 0 unspecified atom stereocenters. The van der Waals surface area contributed by atoms with Crippen molar-refractivity contribution in [1.29, 1.82) is 0 Å². The van der Waals surface area contributed by atoms with Crippen LogP contribution >= 0.6 is 0 Å². The molecule has 2 N–H and O–H groups in total. The summed E-state index contributed by atoms with van der Waals surface area (Å²) < 4.78 is 1.52. The van der Waals surface area contributed by atoms with Gasteiger partial charge in [0.1, 0.15) is 11.7 Å².